The van der Waals surface area contributed by atoms with Crippen molar-refractivity contribution in [1.29, 1.82) is 0 Å². The topological polar surface area (TPSA) is 54.7 Å². The van der Waals surface area contributed by atoms with E-state index < -0.39 is 0 Å². The van der Waals surface area contributed by atoms with Crippen molar-refractivity contribution in [1.82, 2.24) is 10.2 Å². The van der Waals surface area contributed by atoms with Crippen molar-refractivity contribution in [3.05, 3.63) is 41.0 Å². The number of nitrogens with one attached hydrogen (secondary N) is 1. The van der Waals surface area contributed by atoms with Crippen LogP contribution in [0.5, 0.6) is 0 Å². The molecule has 1 aromatic carbocycles. The smallest absolute Gasteiger partial charge is 0.0924 e. The van der Waals surface area contributed by atoms with Gasteiger partial charge in [-0.05, 0) is 24.7 Å². The lowest BCUT2D eigenvalue weighted by molar-refractivity contribution is 0.902. The second kappa shape index (κ2) is 4.47. The predicted molar refractivity (Wildman–Crippen MR) is 61.8 cm³/mol. The Hall–Kier alpha value is -1.32. The van der Waals surface area contributed by atoms with E-state index in [1.54, 1.807) is 0 Å². The highest BCUT2D eigenvalue weighted by Gasteiger charge is 2.03. The van der Waals surface area contributed by atoms with Gasteiger partial charge in [0.15, 0.2) is 0 Å². The molecule has 3 N–H and O–H groups in total. The van der Waals surface area contributed by atoms with E-state index in [0.29, 0.717) is 6.54 Å². The van der Waals surface area contributed by atoms with E-state index in [1.165, 1.54) is 0 Å². The van der Waals surface area contributed by atoms with E-state index in [4.69, 9.17) is 17.3 Å². The minimum Gasteiger partial charge on any atom is -0.330 e. The van der Waals surface area contributed by atoms with Crippen LogP contribution in [0.15, 0.2) is 30.3 Å². The maximum Gasteiger partial charge on any atom is 0.0924 e. The molecule has 0 atom stereocenters. The van der Waals surface area contributed by atoms with Gasteiger partial charge in [-0.15, -0.1) is 0 Å². The fraction of sp³-hybridized carbons (Fsp3) is 0.182. The number of aromatic nitrogens is 2. The number of hydrogen-bond donors (Lipinski definition) is 2. The number of aromatic amines is 1. The zero-order chi connectivity index (χ0) is 10.7. The van der Waals surface area contributed by atoms with E-state index in [-0.39, 0.29) is 0 Å². The number of benzene rings is 1. The monoisotopic (exact) mass is 221 g/mol. The molecule has 0 aliphatic heterocycles. The summed E-state index contributed by atoms with van der Waals surface area (Å²) in [6.07, 6.45) is 0.813. The number of H-pyrrole nitrogens is 1. The van der Waals surface area contributed by atoms with Crippen molar-refractivity contribution in [3.63, 3.8) is 0 Å². The molecule has 2 aromatic rings. The van der Waals surface area contributed by atoms with Gasteiger partial charge in [-0.25, -0.2) is 0 Å². The molecule has 1 aromatic heterocycles. The number of nitrogens with two attached hydrogens (primary N) is 1. The Morgan fingerprint density at radius 1 is 1.33 bits per heavy atom. The fourth-order valence-corrected chi connectivity index (χ4v) is 1.63. The summed E-state index contributed by atoms with van der Waals surface area (Å²) in [5, 5.41) is 7.88. The lowest BCUT2D eigenvalue weighted by atomic mass is 10.1. The number of halogens is 1. The largest absolute Gasteiger partial charge is 0.330 e. The highest BCUT2D eigenvalue weighted by molar-refractivity contribution is 6.30. The summed E-state index contributed by atoms with van der Waals surface area (Å²) in [4.78, 5) is 0. The van der Waals surface area contributed by atoms with E-state index in [0.717, 1.165) is 28.4 Å². The lowest BCUT2D eigenvalue weighted by Gasteiger charge is -1.95. The first-order valence-corrected chi connectivity index (χ1v) is 5.17. The molecule has 1 heterocycles. The molecule has 0 amide bonds. The molecule has 78 valence electrons. The van der Waals surface area contributed by atoms with Gasteiger partial charge in [-0.2, -0.15) is 5.10 Å². The van der Waals surface area contributed by atoms with E-state index >= 15 is 0 Å². The molecule has 0 aliphatic rings. The normalized spacial score (nSPS) is 10.5. The molecular formula is C11H12ClN3. The molecule has 15 heavy (non-hydrogen) atoms. The van der Waals surface area contributed by atoms with Crippen LogP contribution in [-0.2, 0) is 6.42 Å². The molecule has 0 saturated heterocycles. The molecule has 4 heteroatoms. The molecule has 0 unspecified atom stereocenters. The minimum atomic E-state index is 0.622. The van der Waals surface area contributed by atoms with Crippen LogP contribution in [0.2, 0.25) is 5.02 Å². The maximum absolute atomic E-state index is 5.90. The molecule has 0 aliphatic carbocycles. The third kappa shape index (κ3) is 2.37. The molecule has 0 fully saturated rings. The summed E-state index contributed by atoms with van der Waals surface area (Å²) < 4.78 is 0. The van der Waals surface area contributed by atoms with Gasteiger partial charge in [0.2, 0.25) is 0 Å². The predicted octanol–water partition coefficient (Wildman–Crippen LogP) is 2.23. The zero-order valence-electron chi connectivity index (χ0n) is 8.20. The Bertz CT molecular complexity index is 451. The van der Waals surface area contributed by atoms with Crippen molar-refractivity contribution < 1.29 is 0 Å². The SMILES string of the molecule is NCCc1cc(-c2cccc(Cl)c2)n[nH]1. The van der Waals surface area contributed by atoms with E-state index in [9.17, 15) is 0 Å². The van der Waals surface area contributed by atoms with Gasteiger partial charge in [0.25, 0.3) is 0 Å². The summed E-state index contributed by atoms with van der Waals surface area (Å²) in [6, 6.07) is 9.63. The molecule has 3 nitrogen and oxygen atoms in total. The molecule has 0 spiro atoms. The van der Waals surface area contributed by atoms with Crippen LogP contribution >= 0.6 is 11.6 Å². The maximum atomic E-state index is 5.90. The Balaban J connectivity index is 2.29. The standard InChI is InChI=1S/C11H12ClN3/c12-9-3-1-2-8(6-9)11-7-10(4-5-13)14-15-11/h1-3,6-7H,4-5,13H2,(H,14,15). The first kappa shape index (κ1) is 10.2. The van der Waals surface area contributed by atoms with Crippen LogP contribution in [0, 0.1) is 0 Å². The minimum absolute atomic E-state index is 0.622. The summed E-state index contributed by atoms with van der Waals surface area (Å²) >= 11 is 5.90. The van der Waals surface area contributed by atoms with Crippen molar-refractivity contribution >= 4 is 11.6 Å². The molecular weight excluding hydrogens is 210 g/mol. The highest BCUT2D eigenvalue weighted by Crippen LogP contribution is 2.21. The van der Waals surface area contributed by atoms with Crippen molar-refractivity contribution in [3.8, 4) is 11.3 Å². The Kier molecular flexibility index (Phi) is 3.04. The summed E-state index contributed by atoms with van der Waals surface area (Å²) in [6.45, 7) is 0.622. The van der Waals surface area contributed by atoms with Gasteiger partial charge >= 0.3 is 0 Å². The number of nitrogens with zero attached hydrogens (tertiary/aromatic N) is 1. The number of hydrogen-bond acceptors (Lipinski definition) is 2. The van der Waals surface area contributed by atoms with E-state index in [1.807, 2.05) is 30.3 Å². The van der Waals surface area contributed by atoms with Gasteiger partial charge in [-0.3, -0.25) is 5.10 Å². The van der Waals surface area contributed by atoms with Gasteiger partial charge in [0, 0.05) is 22.7 Å². The lowest BCUT2D eigenvalue weighted by Crippen LogP contribution is -2.02. The summed E-state index contributed by atoms with van der Waals surface area (Å²) in [7, 11) is 0. The van der Waals surface area contributed by atoms with Crippen LogP contribution in [0.4, 0.5) is 0 Å². The molecule has 0 radical (unpaired) electrons. The van der Waals surface area contributed by atoms with Gasteiger partial charge in [-0.1, -0.05) is 23.7 Å². The Labute approximate surface area is 93.3 Å². The average Bonchev–Trinajstić information content (AvgIpc) is 2.67. The fourth-order valence-electron chi connectivity index (χ4n) is 1.44. The van der Waals surface area contributed by atoms with Gasteiger partial charge in [0.05, 0.1) is 5.69 Å². The summed E-state index contributed by atoms with van der Waals surface area (Å²) in [5.74, 6) is 0. The van der Waals surface area contributed by atoms with Crippen LogP contribution in [-0.4, -0.2) is 16.7 Å². The molecule has 2 rings (SSSR count). The third-order valence-corrected chi connectivity index (χ3v) is 2.40. The molecule has 0 bridgehead atoms. The second-order valence-corrected chi connectivity index (χ2v) is 3.76. The van der Waals surface area contributed by atoms with Crippen LogP contribution in [0.3, 0.4) is 0 Å². The van der Waals surface area contributed by atoms with Gasteiger partial charge < -0.3 is 5.73 Å². The second-order valence-electron chi connectivity index (χ2n) is 3.33. The first-order chi connectivity index (χ1) is 7.29. The molecule has 0 saturated carbocycles. The third-order valence-electron chi connectivity index (χ3n) is 2.16. The Morgan fingerprint density at radius 3 is 2.93 bits per heavy atom. The van der Waals surface area contributed by atoms with Gasteiger partial charge in [0.1, 0.15) is 0 Å². The average molecular weight is 222 g/mol. The number of rotatable bonds is 3. The highest BCUT2D eigenvalue weighted by atomic mass is 35.5. The van der Waals surface area contributed by atoms with Crippen molar-refractivity contribution in [2.24, 2.45) is 5.73 Å². The Morgan fingerprint density at radius 2 is 2.20 bits per heavy atom. The van der Waals surface area contributed by atoms with Crippen LogP contribution < -0.4 is 5.73 Å². The van der Waals surface area contributed by atoms with Crippen LogP contribution in [0.1, 0.15) is 5.69 Å². The van der Waals surface area contributed by atoms with Crippen molar-refractivity contribution in [2.45, 2.75) is 6.42 Å². The van der Waals surface area contributed by atoms with Crippen molar-refractivity contribution in [2.75, 3.05) is 6.54 Å². The van der Waals surface area contributed by atoms with E-state index in [2.05, 4.69) is 10.2 Å². The first-order valence-electron chi connectivity index (χ1n) is 4.80. The van der Waals surface area contributed by atoms with Crippen LogP contribution in [0.25, 0.3) is 11.3 Å². The summed E-state index contributed by atoms with van der Waals surface area (Å²) in [5.41, 5.74) is 8.43. The quantitative estimate of drug-likeness (QED) is 0.835. The zero-order valence-corrected chi connectivity index (χ0v) is 8.96.